The van der Waals surface area contributed by atoms with Gasteiger partial charge in [0.05, 0.1) is 12.5 Å². The number of esters is 1. The third-order valence-corrected chi connectivity index (χ3v) is 2.90. The topological polar surface area (TPSA) is 26.3 Å². The monoisotopic (exact) mass is 234 g/mol. The van der Waals surface area contributed by atoms with E-state index >= 15 is 0 Å². The normalized spacial score (nSPS) is 12.1. The van der Waals surface area contributed by atoms with Crippen LogP contribution in [-0.4, -0.2) is 12.6 Å². The largest absolute Gasteiger partial charge is 0.465 e. The van der Waals surface area contributed by atoms with E-state index in [9.17, 15) is 4.79 Å². The number of benzene rings is 1. The number of ether oxygens (including phenoxy) is 1. The Morgan fingerprint density at radius 2 is 1.88 bits per heavy atom. The summed E-state index contributed by atoms with van der Waals surface area (Å²) >= 11 is 0. The lowest BCUT2D eigenvalue weighted by Gasteiger charge is -2.11. The third-order valence-electron chi connectivity index (χ3n) is 2.90. The van der Waals surface area contributed by atoms with Crippen molar-refractivity contribution in [3.63, 3.8) is 0 Å². The van der Waals surface area contributed by atoms with E-state index in [0.717, 1.165) is 18.4 Å². The van der Waals surface area contributed by atoms with Crippen LogP contribution < -0.4 is 0 Å². The van der Waals surface area contributed by atoms with Crippen molar-refractivity contribution in [1.29, 1.82) is 0 Å². The zero-order valence-electron chi connectivity index (χ0n) is 10.8. The van der Waals surface area contributed by atoms with Crippen molar-refractivity contribution in [1.82, 2.24) is 0 Å². The lowest BCUT2D eigenvalue weighted by atomic mass is 10.0. The number of carbonyl (C=O) groups is 1. The van der Waals surface area contributed by atoms with E-state index in [-0.39, 0.29) is 11.9 Å². The highest BCUT2D eigenvalue weighted by atomic mass is 16.5. The molecule has 0 N–H and O–H groups in total. The Hall–Kier alpha value is -1.31. The molecule has 0 aliphatic rings. The summed E-state index contributed by atoms with van der Waals surface area (Å²) in [5.74, 6) is -0.282. The summed E-state index contributed by atoms with van der Waals surface area (Å²) in [5.41, 5.74) is 1.02. The first-order valence-electron chi connectivity index (χ1n) is 6.47. The van der Waals surface area contributed by atoms with Crippen LogP contribution in [0, 0.1) is 0 Å². The Morgan fingerprint density at radius 3 is 2.53 bits per heavy atom. The molecular weight excluding hydrogens is 212 g/mol. The van der Waals surface area contributed by atoms with E-state index in [1.807, 2.05) is 37.3 Å². The van der Waals surface area contributed by atoms with Gasteiger partial charge in [-0.2, -0.15) is 0 Å². The molecule has 1 atom stereocenters. The highest BCUT2D eigenvalue weighted by molar-refractivity contribution is 5.77. The van der Waals surface area contributed by atoms with Gasteiger partial charge in [0.15, 0.2) is 0 Å². The maximum Gasteiger partial charge on any atom is 0.313 e. The molecule has 1 aromatic rings. The highest BCUT2D eigenvalue weighted by Gasteiger charge is 2.15. The summed E-state index contributed by atoms with van der Waals surface area (Å²) in [4.78, 5) is 11.8. The Labute approximate surface area is 104 Å². The second-order valence-corrected chi connectivity index (χ2v) is 4.36. The van der Waals surface area contributed by atoms with Crippen molar-refractivity contribution >= 4 is 5.97 Å². The first kappa shape index (κ1) is 13.8. The molecule has 2 nitrogen and oxygen atoms in total. The van der Waals surface area contributed by atoms with Gasteiger partial charge >= 0.3 is 5.97 Å². The van der Waals surface area contributed by atoms with Crippen LogP contribution in [0.1, 0.15) is 51.0 Å². The van der Waals surface area contributed by atoms with Gasteiger partial charge in [0.1, 0.15) is 0 Å². The van der Waals surface area contributed by atoms with Gasteiger partial charge in [-0.25, -0.2) is 0 Å². The number of carbonyl (C=O) groups excluding carboxylic acids is 1. The zero-order valence-corrected chi connectivity index (χ0v) is 10.8. The van der Waals surface area contributed by atoms with E-state index in [0.29, 0.717) is 6.61 Å². The van der Waals surface area contributed by atoms with Crippen molar-refractivity contribution in [2.75, 3.05) is 6.61 Å². The van der Waals surface area contributed by atoms with Crippen LogP contribution in [-0.2, 0) is 9.53 Å². The molecule has 1 aromatic carbocycles. The molecule has 0 fully saturated rings. The van der Waals surface area contributed by atoms with Gasteiger partial charge in [0.25, 0.3) is 0 Å². The molecule has 2 heteroatoms. The summed E-state index contributed by atoms with van der Waals surface area (Å²) in [6, 6.07) is 9.76. The first-order valence-corrected chi connectivity index (χ1v) is 6.47. The van der Waals surface area contributed by atoms with Gasteiger partial charge in [-0.1, -0.05) is 56.5 Å². The van der Waals surface area contributed by atoms with Crippen LogP contribution in [0.5, 0.6) is 0 Å². The van der Waals surface area contributed by atoms with Gasteiger partial charge in [-0.05, 0) is 18.9 Å². The third kappa shape index (κ3) is 5.03. The number of hydrogen-bond donors (Lipinski definition) is 0. The number of hydrogen-bond acceptors (Lipinski definition) is 2. The average molecular weight is 234 g/mol. The highest BCUT2D eigenvalue weighted by Crippen LogP contribution is 2.16. The van der Waals surface area contributed by atoms with Crippen LogP contribution in [0.4, 0.5) is 0 Å². The van der Waals surface area contributed by atoms with Crippen molar-refractivity contribution in [2.45, 2.75) is 45.4 Å². The minimum atomic E-state index is -0.164. The van der Waals surface area contributed by atoms with Crippen molar-refractivity contribution < 1.29 is 9.53 Å². The molecule has 0 aromatic heterocycles. The molecule has 0 amide bonds. The van der Waals surface area contributed by atoms with E-state index in [1.165, 1.54) is 12.8 Å². The predicted molar refractivity (Wildman–Crippen MR) is 70.0 cm³/mol. The lowest BCUT2D eigenvalue weighted by molar-refractivity contribution is -0.145. The maximum absolute atomic E-state index is 11.8. The van der Waals surface area contributed by atoms with Crippen LogP contribution in [0.15, 0.2) is 30.3 Å². The lowest BCUT2D eigenvalue weighted by Crippen LogP contribution is -2.13. The number of rotatable bonds is 7. The van der Waals surface area contributed by atoms with E-state index < -0.39 is 0 Å². The fourth-order valence-corrected chi connectivity index (χ4v) is 1.70. The van der Waals surface area contributed by atoms with Crippen molar-refractivity contribution in [3.05, 3.63) is 35.9 Å². The molecule has 0 spiro atoms. The Balaban J connectivity index is 2.28. The molecule has 0 radical (unpaired) electrons. The van der Waals surface area contributed by atoms with E-state index in [2.05, 4.69) is 6.92 Å². The molecule has 0 aliphatic carbocycles. The quantitative estimate of drug-likeness (QED) is 0.528. The molecular formula is C15H22O2. The Morgan fingerprint density at radius 1 is 1.18 bits per heavy atom. The summed E-state index contributed by atoms with van der Waals surface area (Å²) < 4.78 is 5.27. The molecule has 0 bridgehead atoms. The maximum atomic E-state index is 11.8. The molecule has 1 rings (SSSR count). The van der Waals surface area contributed by atoms with E-state index in [1.54, 1.807) is 0 Å². The molecule has 94 valence electrons. The summed E-state index contributed by atoms with van der Waals surface area (Å²) in [7, 11) is 0. The second-order valence-electron chi connectivity index (χ2n) is 4.36. The first-order chi connectivity index (χ1) is 8.25. The smallest absolute Gasteiger partial charge is 0.313 e. The predicted octanol–water partition coefficient (Wildman–Crippen LogP) is 3.91. The minimum Gasteiger partial charge on any atom is -0.465 e. The average Bonchev–Trinajstić information content (AvgIpc) is 2.38. The van der Waals surface area contributed by atoms with Crippen LogP contribution in [0.25, 0.3) is 0 Å². The van der Waals surface area contributed by atoms with Crippen molar-refractivity contribution in [3.8, 4) is 0 Å². The van der Waals surface area contributed by atoms with Gasteiger partial charge < -0.3 is 4.74 Å². The van der Waals surface area contributed by atoms with E-state index in [4.69, 9.17) is 4.74 Å². The molecule has 0 heterocycles. The van der Waals surface area contributed by atoms with Crippen LogP contribution >= 0.6 is 0 Å². The van der Waals surface area contributed by atoms with Gasteiger partial charge in [0.2, 0.25) is 0 Å². The molecule has 0 saturated heterocycles. The number of unbranched alkanes of at least 4 members (excludes halogenated alkanes) is 3. The fraction of sp³-hybridized carbons (Fsp3) is 0.533. The molecule has 17 heavy (non-hydrogen) atoms. The summed E-state index contributed by atoms with van der Waals surface area (Å²) in [6.07, 6.45) is 4.53. The van der Waals surface area contributed by atoms with Crippen molar-refractivity contribution in [2.24, 2.45) is 0 Å². The molecule has 0 saturated carbocycles. The van der Waals surface area contributed by atoms with Gasteiger partial charge in [-0.3, -0.25) is 4.79 Å². The summed E-state index contributed by atoms with van der Waals surface area (Å²) in [5, 5.41) is 0. The SMILES string of the molecule is CCCCCCOC(=O)C(C)c1ccccc1. The van der Waals surface area contributed by atoms with Gasteiger partial charge in [0, 0.05) is 0 Å². The standard InChI is InChI=1S/C15H22O2/c1-3-4-5-9-12-17-15(16)13(2)14-10-7-6-8-11-14/h6-8,10-11,13H,3-5,9,12H2,1-2H3. The van der Waals surface area contributed by atoms with Crippen LogP contribution in [0.2, 0.25) is 0 Å². The second kappa shape index (κ2) is 7.88. The minimum absolute atomic E-state index is 0.118. The molecule has 0 aliphatic heterocycles. The van der Waals surface area contributed by atoms with Gasteiger partial charge in [-0.15, -0.1) is 0 Å². The summed E-state index contributed by atoms with van der Waals surface area (Å²) in [6.45, 7) is 4.61. The van der Waals surface area contributed by atoms with Crippen LogP contribution in [0.3, 0.4) is 0 Å². The molecule has 1 unspecified atom stereocenters. The zero-order chi connectivity index (χ0) is 12.5. The Kier molecular flexibility index (Phi) is 6.38. The fourth-order valence-electron chi connectivity index (χ4n) is 1.70. The Bertz CT molecular complexity index is 319.